The van der Waals surface area contributed by atoms with Crippen LogP contribution in [-0.2, 0) is 14.3 Å². The minimum Gasteiger partial charge on any atom is -0.383 e. The Bertz CT molecular complexity index is 586. The average Bonchev–Trinajstić information content (AvgIpc) is 2.99. The number of rotatable bonds is 6. The van der Waals surface area contributed by atoms with Crippen molar-refractivity contribution in [2.45, 2.75) is 26.7 Å². The van der Waals surface area contributed by atoms with Crippen LogP contribution < -0.4 is 5.32 Å². The molecule has 1 heterocycles. The number of hydrogen-bond donors (Lipinski definition) is 1. The van der Waals surface area contributed by atoms with Crippen molar-refractivity contribution in [1.29, 1.82) is 0 Å². The summed E-state index contributed by atoms with van der Waals surface area (Å²) in [5, 5.41) is 2.93. The fourth-order valence-corrected chi connectivity index (χ4v) is 3.34. The third kappa shape index (κ3) is 4.15. The van der Waals surface area contributed by atoms with Gasteiger partial charge < -0.3 is 15.0 Å². The Labute approximate surface area is 144 Å². The van der Waals surface area contributed by atoms with Gasteiger partial charge in [0.25, 0.3) is 0 Å². The molecule has 2 amide bonds. The van der Waals surface area contributed by atoms with Gasteiger partial charge in [0.15, 0.2) is 0 Å². The van der Waals surface area contributed by atoms with Crippen molar-refractivity contribution in [3.63, 3.8) is 0 Å². The van der Waals surface area contributed by atoms with Crippen molar-refractivity contribution in [3.05, 3.63) is 35.4 Å². The summed E-state index contributed by atoms with van der Waals surface area (Å²) in [6.45, 7) is 7.92. The van der Waals surface area contributed by atoms with Gasteiger partial charge in [0.05, 0.1) is 12.5 Å². The molecule has 132 valence electrons. The predicted octanol–water partition coefficient (Wildman–Crippen LogP) is 1.96. The summed E-state index contributed by atoms with van der Waals surface area (Å²) >= 11 is 0. The Hall–Kier alpha value is -1.88. The highest BCUT2D eigenvalue weighted by Crippen LogP contribution is 2.35. The smallest absolute Gasteiger partial charge is 0.225 e. The van der Waals surface area contributed by atoms with E-state index in [1.54, 1.807) is 7.11 Å². The molecule has 5 heteroatoms. The zero-order valence-corrected chi connectivity index (χ0v) is 15.0. The number of hydrogen-bond acceptors (Lipinski definition) is 3. The Balaban J connectivity index is 2.21. The van der Waals surface area contributed by atoms with Gasteiger partial charge in [0.2, 0.25) is 11.8 Å². The molecule has 0 aliphatic carbocycles. The molecule has 1 fully saturated rings. The zero-order valence-electron chi connectivity index (χ0n) is 15.0. The lowest BCUT2D eigenvalue weighted by atomic mass is 9.86. The van der Waals surface area contributed by atoms with Gasteiger partial charge >= 0.3 is 0 Å². The highest BCUT2D eigenvalue weighted by molar-refractivity contribution is 5.84. The minimum absolute atomic E-state index is 0.000593. The summed E-state index contributed by atoms with van der Waals surface area (Å²) in [5.41, 5.74) is 2.32. The van der Waals surface area contributed by atoms with E-state index in [1.807, 2.05) is 30.9 Å². The van der Waals surface area contributed by atoms with Gasteiger partial charge in [-0.1, -0.05) is 38.1 Å². The summed E-state index contributed by atoms with van der Waals surface area (Å²) in [5.74, 6) is -0.125. The number of aryl methyl sites for hydroxylation is 1. The highest BCUT2D eigenvalue weighted by Gasteiger charge is 2.41. The van der Waals surface area contributed by atoms with Crippen LogP contribution in [0.3, 0.4) is 0 Å². The van der Waals surface area contributed by atoms with E-state index in [4.69, 9.17) is 4.74 Å². The predicted molar refractivity (Wildman–Crippen MR) is 93.7 cm³/mol. The fraction of sp³-hybridized carbons (Fsp3) is 0.579. The van der Waals surface area contributed by atoms with Crippen molar-refractivity contribution in [2.75, 3.05) is 33.4 Å². The van der Waals surface area contributed by atoms with Gasteiger partial charge in [0, 0.05) is 38.6 Å². The number of likely N-dealkylation sites (tertiary alicyclic amines) is 1. The second kappa shape index (κ2) is 8.29. The maximum absolute atomic E-state index is 12.6. The minimum atomic E-state index is -0.217. The van der Waals surface area contributed by atoms with Crippen molar-refractivity contribution in [3.8, 4) is 0 Å². The summed E-state index contributed by atoms with van der Waals surface area (Å²) < 4.78 is 5.00. The van der Waals surface area contributed by atoms with Gasteiger partial charge in [-0.2, -0.15) is 0 Å². The van der Waals surface area contributed by atoms with Gasteiger partial charge in [-0.05, 0) is 18.1 Å². The number of nitrogens with zero attached hydrogens (tertiary/aromatic N) is 1. The first-order valence-corrected chi connectivity index (χ1v) is 8.56. The molecule has 0 bridgehead atoms. The standard InChI is InChI=1S/C19H28N2O3/c1-13(2)19(23)21-11-16(15-8-6-5-7-14(15)3)17(12-21)18(22)20-9-10-24-4/h5-8,13,16-17H,9-12H2,1-4H3,(H,20,22). The normalized spacial score (nSPS) is 20.5. The first kappa shape index (κ1) is 18.5. The molecule has 0 radical (unpaired) electrons. The monoisotopic (exact) mass is 332 g/mol. The SMILES string of the molecule is COCCNC(=O)C1CN(C(=O)C(C)C)CC1c1ccccc1C. The first-order chi connectivity index (χ1) is 11.5. The molecule has 5 nitrogen and oxygen atoms in total. The highest BCUT2D eigenvalue weighted by atomic mass is 16.5. The molecule has 2 rings (SSSR count). The largest absolute Gasteiger partial charge is 0.383 e. The Morgan fingerprint density at radius 1 is 1.29 bits per heavy atom. The van der Waals surface area contributed by atoms with Crippen LogP contribution in [0.4, 0.5) is 0 Å². The van der Waals surface area contributed by atoms with Crippen LogP contribution in [0.15, 0.2) is 24.3 Å². The first-order valence-electron chi connectivity index (χ1n) is 8.56. The van der Waals surface area contributed by atoms with E-state index in [2.05, 4.69) is 24.4 Å². The van der Waals surface area contributed by atoms with E-state index < -0.39 is 0 Å². The maximum Gasteiger partial charge on any atom is 0.225 e. The molecule has 2 unspecified atom stereocenters. The third-order valence-electron chi connectivity index (χ3n) is 4.66. The van der Waals surface area contributed by atoms with Crippen LogP contribution in [0.25, 0.3) is 0 Å². The molecule has 1 aliphatic rings. The molecule has 1 aromatic rings. The molecule has 24 heavy (non-hydrogen) atoms. The molecule has 0 saturated carbocycles. The second-order valence-electron chi connectivity index (χ2n) is 6.75. The second-order valence-corrected chi connectivity index (χ2v) is 6.75. The maximum atomic E-state index is 12.6. The topological polar surface area (TPSA) is 58.6 Å². The van der Waals surface area contributed by atoms with E-state index >= 15 is 0 Å². The van der Waals surface area contributed by atoms with E-state index in [0.29, 0.717) is 26.2 Å². The lowest BCUT2D eigenvalue weighted by molar-refractivity contribution is -0.133. The molecule has 1 saturated heterocycles. The molecular weight excluding hydrogens is 304 g/mol. The van der Waals surface area contributed by atoms with E-state index in [0.717, 1.165) is 11.1 Å². The lowest BCUT2D eigenvalue weighted by Crippen LogP contribution is -2.37. The number of nitrogens with one attached hydrogen (secondary N) is 1. The third-order valence-corrected chi connectivity index (χ3v) is 4.66. The van der Waals surface area contributed by atoms with Crippen LogP contribution in [0.2, 0.25) is 0 Å². The van der Waals surface area contributed by atoms with E-state index in [9.17, 15) is 9.59 Å². The summed E-state index contributed by atoms with van der Waals surface area (Å²) in [7, 11) is 1.61. The van der Waals surface area contributed by atoms with Crippen LogP contribution >= 0.6 is 0 Å². The summed E-state index contributed by atoms with van der Waals surface area (Å²) in [6, 6.07) is 8.12. The molecule has 0 aromatic heterocycles. The average molecular weight is 332 g/mol. The summed E-state index contributed by atoms with van der Waals surface area (Å²) in [4.78, 5) is 26.9. The van der Waals surface area contributed by atoms with Gasteiger partial charge in [-0.25, -0.2) is 0 Å². The van der Waals surface area contributed by atoms with Crippen molar-refractivity contribution in [1.82, 2.24) is 10.2 Å². The van der Waals surface area contributed by atoms with E-state index in [1.165, 1.54) is 0 Å². The van der Waals surface area contributed by atoms with Gasteiger partial charge in [-0.15, -0.1) is 0 Å². The molecular formula is C19H28N2O3. The number of amides is 2. The molecule has 2 atom stereocenters. The van der Waals surface area contributed by atoms with Gasteiger partial charge in [-0.3, -0.25) is 9.59 Å². The molecule has 0 spiro atoms. The van der Waals surface area contributed by atoms with Gasteiger partial charge in [0.1, 0.15) is 0 Å². The Morgan fingerprint density at radius 3 is 2.62 bits per heavy atom. The zero-order chi connectivity index (χ0) is 17.7. The van der Waals surface area contributed by atoms with Crippen LogP contribution in [0, 0.1) is 18.8 Å². The number of carbonyl (C=O) groups excluding carboxylic acids is 2. The Morgan fingerprint density at radius 2 is 2.00 bits per heavy atom. The van der Waals surface area contributed by atoms with Crippen LogP contribution in [-0.4, -0.2) is 50.1 Å². The van der Waals surface area contributed by atoms with Crippen molar-refractivity contribution in [2.24, 2.45) is 11.8 Å². The number of carbonyl (C=O) groups is 2. The number of methoxy groups -OCH3 is 1. The molecule has 1 aromatic carbocycles. The van der Waals surface area contributed by atoms with Crippen LogP contribution in [0.1, 0.15) is 30.9 Å². The summed E-state index contributed by atoms with van der Waals surface area (Å²) in [6.07, 6.45) is 0. The lowest BCUT2D eigenvalue weighted by Gasteiger charge is -2.20. The van der Waals surface area contributed by atoms with E-state index in [-0.39, 0.29) is 29.6 Å². The Kier molecular flexibility index (Phi) is 6.37. The fourth-order valence-electron chi connectivity index (χ4n) is 3.34. The molecule has 1 aliphatic heterocycles. The number of ether oxygens (including phenoxy) is 1. The van der Waals surface area contributed by atoms with Crippen molar-refractivity contribution < 1.29 is 14.3 Å². The quantitative estimate of drug-likeness (QED) is 0.810. The van der Waals surface area contributed by atoms with Crippen molar-refractivity contribution >= 4 is 11.8 Å². The van der Waals surface area contributed by atoms with Crippen LogP contribution in [0.5, 0.6) is 0 Å². The molecule has 1 N–H and O–H groups in total. The number of benzene rings is 1.